The first-order valence-electron chi connectivity index (χ1n) is 4.74. The SMILES string of the molecule is Cc1nc(C(=O)O)c2n1[C@@H]1CN[C@H]2C1. The molecule has 0 amide bonds. The number of aryl methyl sites for hydroxylation is 1. The molecule has 5 nitrogen and oxygen atoms in total. The summed E-state index contributed by atoms with van der Waals surface area (Å²) in [5.74, 6) is -0.0948. The molecule has 2 bridgehead atoms. The van der Waals surface area contributed by atoms with E-state index in [2.05, 4.69) is 14.9 Å². The van der Waals surface area contributed by atoms with Gasteiger partial charge in [-0.2, -0.15) is 0 Å². The van der Waals surface area contributed by atoms with E-state index in [9.17, 15) is 4.79 Å². The molecule has 2 atom stereocenters. The number of fused-ring (bicyclic) bond motifs is 5. The number of nitrogens with one attached hydrogen (secondary N) is 1. The number of aromatic carboxylic acids is 1. The van der Waals surface area contributed by atoms with E-state index in [1.807, 2.05) is 6.92 Å². The van der Waals surface area contributed by atoms with Crippen LogP contribution < -0.4 is 5.32 Å². The van der Waals surface area contributed by atoms with Crippen LogP contribution in [0.15, 0.2) is 0 Å². The Bertz CT molecular complexity index is 424. The van der Waals surface area contributed by atoms with Crippen molar-refractivity contribution in [3.63, 3.8) is 0 Å². The second-order valence-electron chi connectivity index (χ2n) is 3.92. The third-order valence-corrected chi connectivity index (χ3v) is 3.13. The van der Waals surface area contributed by atoms with Crippen LogP contribution in [0.2, 0.25) is 0 Å². The zero-order valence-corrected chi connectivity index (χ0v) is 7.82. The molecule has 14 heavy (non-hydrogen) atoms. The summed E-state index contributed by atoms with van der Waals surface area (Å²) in [6.45, 7) is 2.81. The summed E-state index contributed by atoms with van der Waals surface area (Å²) in [4.78, 5) is 15.0. The van der Waals surface area contributed by atoms with Crippen molar-refractivity contribution in [1.82, 2.24) is 14.9 Å². The molecule has 0 unspecified atom stereocenters. The molecule has 2 aliphatic rings. The van der Waals surface area contributed by atoms with Crippen molar-refractivity contribution in [2.45, 2.75) is 25.4 Å². The first kappa shape index (κ1) is 7.99. The number of carbonyl (C=O) groups is 1. The van der Waals surface area contributed by atoms with Crippen LogP contribution in [0.5, 0.6) is 0 Å². The van der Waals surface area contributed by atoms with E-state index in [4.69, 9.17) is 5.11 Å². The van der Waals surface area contributed by atoms with Crippen molar-refractivity contribution in [1.29, 1.82) is 0 Å². The first-order chi connectivity index (χ1) is 6.68. The van der Waals surface area contributed by atoms with Gasteiger partial charge >= 0.3 is 5.97 Å². The summed E-state index contributed by atoms with van der Waals surface area (Å²) in [6, 6.07) is 0.614. The third-order valence-electron chi connectivity index (χ3n) is 3.13. The molecule has 0 saturated carbocycles. The molecule has 0 spiro atoms. The summed E-state index contributed by atoms with van der Waals surface area (Å²) in [6.07, 6.45) is 1.01. The summed E-state index contributed by atoms with van der Waals surface area (Å²) < 4.78 is 2.07. The smallest absolute Gasteiger partial charge is 0.356 e. The van der Waals surface area contributed by atoms with E-state index in [1.165, 1.54) is 0 Å². The molecule has 3 heterocycles. The van der Waals surface area contributed by atoms with Crippen LogP contribution in [-0.4, -0.2) is 27.2 Å². The maximum atomic E-state index is 10.9. The van der Waals surface area contributed by atoms with Gasteiger partial charge in [0, 0.05) is 12.6 Å². The van der Waals surface area contributed by atoms with Gasteiger partial charge in [0.25, 0.3) is 0 Å². The summed E-state index contributed by atoms with van der Waals surface area (Å²) >= 11 is 0. The van der Waals surface area contributed by atoms with Crippen LogP contribution in [0, 0.1) is 6.92 Å². The van der Waals surface area contributed by atoms with Crippen molar-refractivity contribution in [3.8, 4) is 0 Å². The predicted octanol–water partition coefficient (Wildman–Crippen LogP) is 0.479. The number of carboxylic acid groups (broad SMARTS) is 1. The fraction of sp³-hybridized carbons (Fsp3) is 0.556. The lowest BCUT2D eigenvalue weighted by molar-refractivity contribution is 0.0689. The van der Waals surface area contributed by atoms with E-state index in [0.29, 0.717) is 6.04 Å². The zero-order valence-electron chi connectivity index (χ0n) is 7.82. The van der Waals surface area contributed by atoms with Crippen LogP contribution in [-0.2, 0) is 0 Å². The number of imidazole rings is 1. The van der Waals surface area contributed by atoms with Crippen molar-refractivity contribution in [2.24, 2.45) is 0 Å². The Morgan fingerprint density at radius 1 is 1.71 bits per heavy atom. The van der Waals surface area contributed by atoms with Crippen LogP contribution >= 0.6 is 0 Å². The number of hydrogen-bond acceptors (Lipinski definition) is 3. The van der Waals surface area contributed by atoms with Crippen LogP contribution in [0.1, 0.15) is 40.5 Å². The summed E-state index contributed by atoms with van der Waals surface area (Å²) in [5.41, 5.74) is 1.09. The lowest BCUT2D eigenvalue weighted by atomic mass is 10.2. The second-order valence-corrected chi connectivity index (χ2v) is 3.92. The van der Waals surface area contributed by atoms with E-state index in [-0.39, 0.29) is 11.7 Å². The standard InChI is InChI=1S/C9H11N3O2/c1-4-11-7(9(13)14)8-6-2-5(3-10-6)12(4)8/h5-6,10H,2-3H2,1H3,(H,13,14)/t5-,6-/m0/s1. The fourth-order valence-corrected chi connectivity index (χ4v) is 2.63. The van der Waals surface area contributed by atoms with E-state index < -0.39 is 5.97 Å². The van der Waals surface area contributed by atoms with Gasteiger partial charge in [0.1, 0.15) is 5.82 Å². The Morgan fingerprint density at radius 3 is 3.21 bits per heavy atom. The van der Waals surface area contributed by atoms with Gasteiger partial charge in [-0.15, -0.1) is 0 Å². The fourth-order valence-electron chi connectivity index (χ4n) is 2.63. The van der Waals surface area contributed by atoms with Gasteiger partial charge in [0.2, 0.25) is 0 Å². The molecule has 3 rings (SSSR count). The minimum Gasteiger partial charge on any atom is -0.476 e. The van der Waals surface area contributed by atoms with E-state index in [0.717, 1.165) is 24.5 Å². The first-order valence-corrected chi connectivity index (χ1v) is 4.74. The van der Waals surface area contributed by atoms with E-state index in [1.54, 1.807) is 0 Å². The quantitative estimate of drug-likeness (QED) is 0.680. The molecule has 0 aromatic carbocycles. The Labute approximate surface area is 80.8 Å². The molecular formula is C9H11N3O2. The minimum atomic E-state index is -0.920. The van der Waals surface area contributed by atoms with Crippen LogP contribution in [0.3, 0.4) is 0 Å². The number of aromatic nitrogens is 2. The molecule has 1 fully saturated rings. The molecule has 1 aromatic rings. The number of rotatable bonds is 1. The molecule has 0 radical (unpaired) electrons. The largest absolute Gasteiger partial charge is 0.476 e. The molecule has 1 saturated heterocycles. The average molecular weight is 193 g/mol. The van der Waals surface area contributed by atoms with Crippen LogP contribution in [0.4, 0.5) is 0 Å². The summed E-state index contributed by atoms with van der Waals surface area (Å²) in [5, 5.41) is 12.3. The summed E-state index contributed by atoms with van der Waals surface area (Å²) in [7, 11) is 0. The number of nitrogens with zero attached hydrogens (tertiary/aromatic N) is 2. The Morgan fingerprint density at radius 2 is 2.50 bits per heavy atom. The zero-order chi connectivity index (χ0) is 9.87. The van der Waals surface area contributed by atoms with Gasteiger partial charge in [-0.3, -0.25) is 0 Å². The topological polar surface area (TPSA) is 67.1 Å². The van der Waals surface area contributed by atoms with Crippen molar-refractivity contribution < 1.29 is 9.90 Å². The maximum Gasteiger partial charge on any atom is 0.356 e. The molecule has 5 heteroatoms. The highest BCUT2D eigenvalue weighted by Gasteiger charge is 2.41. The molecule has 74 valence electrons. The van der Waals surface area contributed by atoms with Gasteiger partial charge < -0.3 is 15.0 Å². The van der Waals surface area contributed by atoms with Gasteiger partial charge in [0.05, 0.1) is 11.7 Å². The lowest BCUT2D eigenvalue weighted by Crippen LogP contribution is -2.25. The molecule has 0 aliphatic carbocycles. The average Bonchev–Trinajstić information content (AvgIpc) is 2.75. The molecule has 2 N–H and O–H groups in total. The normalized spacial score (nSPS) is 28.1. The molecular weight excluding hydrogens is 182 g/mol. The third kappa shape index (κ3) is 0.778. The van der Waals surface area contributed by atoms with Crippen molar-refractivity contribution >= 4 is 5.97 Å². The van der Waals surface area contributed by atoms with E-state index >= 15 is 0 Å². The van der Waals surface area contributed by atoms with Crippen LogP contribution in [0.25, 0.3) is 0 Å². The van der Waals surface area contributed by atoms with Gasteiger partial charge in [-0.1, -0.05) is 0 Å². The number of hydrogen-bond donors (Lipinski definition) is 2. The highest BCUT2D eigenvalue weighted by Crippen LogP contribution is 2.41. The predicted molar refractivity (Wildman–Crippen MR) is 48.3 cm³/mol. The maximum absolute atomic E-state index is 10.9. The monoisotopic (exact) mass is 193 g/mol. The Kier molecular flexibility index (Phi) is 1.35. The number of carboxylic acids is 1. The highest BCUT2D eigenvalue weighted by molar-refractivity contribution is 5.87. The Hall–Kier alpha value is -1.36. The van der Waals surface area contributed by atoms with Gasteiger partial charge in [0.15, 0.2) is 5.69 Å². The highest BCUT2D eigenvalue weighted by atomic mass is 16.4. The lowest BCUT2D eigenvalue weighted by Gasteiger charge is -2.16. The molecule has 1 aromatic heterocycles. The van der Waals surface area contributed by atoms with Crippen molar-refractivity contribution in [2.75, 3.05) is 6.54 Å². The molecule has 2 aliphatic heterocycles. The van der Waals surface area contributed by atoms with Crippen molar-refractivity contribution in [3.05, 3.63) is 17.2 Å². The van der Waals surface area contributed by atoms with Gasteiger partial charge in [-0.05, 0) is 13.3 Å². The van der Waals surface area contributed by atoms with Gasteiger partial charge in [-0.25, -0.2) is 9.78 Å². The Balaban J connectivity index is 2.24. The minimum absolute atomic E-state index is 0.201. The second kappa shape index (κ2) is 2.36.